The topological polar surface area (TPSA) is 47.0 Å². The van der Waals surface area contributed by atoms with Crippen molar-refractivity contribution in [3.05, 3.63) is 12.4 Å². The van der Waals surface area contributed by atoms with Crippen LogP contribution >= 0.6 is 0 Å². The fourth-order valence-electron chi connectivity index (χ4n) is 2.02. The van der Waals surface area contributed by atoms with Crippen LogP contribution < -0.4 is 10.1 Å². The summed E-state index contributed by atoms with van der Waals surface area (Å²) >= 11 is 0. The average molecular weight is 235 g/mol. The number of nitrogens with zero attached hydrogens (tertiary/aromatic N) is 2. The third-order valence-electron chi connectivity index (χ3n) is 3.23. The number of anilines is 1. The van der Waals surface area contributed by atoms with Crippen LogP contribution in [-0.2, 0) is 0 Å². The minimum atomic E-state index is 0.141. The number of ether oxygens (including phenoxy) is 1. The zero-order chi connectivity index (χ0) is 12.3. The first-order valence-electron chi connectivity index (χ1n) is 6.40. The number of nitrogens with one attached hydrogen (secondary N) is 1. The normalized spacial score (nSPS) is 17.6. The highest BCUT2D eigenvalue weighted by Crippen LogP contribution is 2.30. The van der Waals surface area contributed by atoms with E-state index in [0.29, 0.717) is 11.9 Å². The maximum atomic E-state index is 5.55. The fraction of sp³-hybridized carbons (Fsp3) is 0.692. The molecular formula is C13H21N3O. The lowest BCUT2D eigenvalue weighted by Crippen LogP contribution is -2.31. The molecule has 1 unspecified atom stereocenters. The van der Waals surface area contributed by atoms with E-state index in [-0.39, 0.29) is 6.10 Å². The highest BCUT2D eigenvalue weighted by molar-refractivity contribution is 5.38. The van der Waals surface area contributed by atoms with Gasteiger partial charge in [-0.15, -0.1) is 0 Å². The summed E-state index contributed by atoms with van der Waals surface area (Å²) in [6, 6.07) is 2.35. The quantitative estimate of drug-likeness (QED) is 0.852. The van der Waals surface area contributed by atoms with Crippen LogP contribution in [0, 0.1) is 5.92 Å². The molecule has 1 atom stereocenters. The van der Waals surface area contributed by atoms with Crippen molar-refractivity contribution in [2.75, 3.05) is 5.32 Å². The second-order valence-corrected chi connectivity index (χ2v) is 5.03. The van der Waals surface area contributed by atoms with Gasteiger partial charge < -0.3 is 10.1 Å². The maximum Gasteiger partial charge on any atom is 0.218 e. The van der Waals surface area contributed by atoms with E-state index in [2.05, 4.69) is 22.2 Å². The Bertz CT molecular complexity index is 363. The standard InChI is InChI=1S/C13H21N3O/c1-9(2)17-13-7-12(14-8-15-13)16-10(3)11-5-4-6-11/h7-11H,4-6H2,1-3H3,(H,14,15,16). The van der Waals surface area contributed by atoms with E-state index in [1.807, 2.05) is 19.9 Å². The van der Waals surface area contributed by atoms with E-state index in [1.54, 1.807) is 6.33 Å². The summed E-state index contributed by atoms with van der Waals surface area (Å²) in [7, 11) is 0. The van der Waals surface area contributed by atoms with Gasteiger partial charge in [0.05, 0.1) is 6.10 Å². The van der Waals surface area contributed by atoms with Crippen molar-refractivity contribution in [1.29, 1.82) is 0 Å². The monoisotopic (exact) mass is 235 g/mol. The van der Waals surface area contributed by atoms with Crippen LogP contribution in [0.4, 0.5) is 5.82 Å². The van der Waals surface area contributed by atoms with Crippen molar-refractivity contribution < 1.29 is 4.74 Å². The van der Waals surface area contributed by atoms with Gasteiger partial charge in [-0.25, -0.2) is 9.97 Å². The van der Waals surface area contributed by atoms with Gasteiger partial charge >= 0.3 is 0 Å². The summed E-state index contributed by atoms with van der Waals surface area (Å²) in [6.45, 7) is 6.20. The Hall–Kier alpha value is -1.32. The highest BCUT2D eigenvalue weighted by atomic mass is 16.5. The molecule has 1 heterocycles. The lowest BCUT2D eigenvalue weighted by atomic mass is 9.80. The first-order valence-corrected chi connectivity index (χ1v) is 6.40. The highest BCUT2D eigenvalue weighted by Gasteiger charge is 2.23. The van der Waals surface area contributed by atoms with Gasteiger partial charge in [0.15, 0.2) is 0 Å². The summed E-state index contributed by atoms with van der Waals surface area (Å²) < 4.78 is 5.55. The summed E-state index contributed by atoms with van der Waals surface area (Å²) in [4.78, 5) is 8.32. The summed E-state index contributed by atoms with van der Waals surface area (Å²) in [5, 5.41) is 3.43. The number of aromatic nitrogens is 2. The van der Waals surface area contributed by atoms with Crippen LogP contribution in [0.25, 0.3) is 0 Å². The Morgan fingerprint density at radius 3 is 2.65 bits per heavy atom. The predicted molar refractivity (Wildman–Crippen MR) is 68.2 cm³/mol. The third kappa shape index (κ3) is 3.32. The van der Waals surface area contributed by atoms with Gasteiger partial charge in [-0.2, -0.15) is 0 Å². The van der Waals surface area contributed by atoms with E-state index in [4.69, 9.17) is 4.74 Å². The third-order valence-corrected chi connectivity index (χ3v) is 3.23. The SMILES string of the molecule is CC(C)Oc1cc(NC(C)C2CCC2)ncn1. The van der Waals surface area contributed by atoms with Gasteiger partial charge in [0.25, 0.3) is 0 Å². The molecule has 0 amide bonds. The van der Waals surface area contributed by atoms with Gasteiger partial charge in [-0.3, -0.25) is 0 Å². The Balaban J connectivity index is 1.95. The van der Waals surface area contributed by atoms with Crippen LogP contribution in [0.2, 0.25) is 0 Å². The molecule has 4 nitrogen and oxygen atoms in total. The van der Waals surface area contributed by atoms with Gasteiger partial charge in [0, 0.05) is 12.1 Å². The molecule has 0 aliphatic heterocycles. The molecule has 1 fully saturated rings. The van der Waals surface area contributed by atoms with Crippen molar-refractivity contribution in [2.45, 2.75) is 52.2 Å². The zero-order valence-electron chi connectivity index (χ0n) is 10.8. The van der Waals surface area contributed by atoms with Crippen molar-refractivity contribution in [3.63, 3.8) is 0 Å². The Labute approximate surface area is 103 Å². The van der Waals surface area contributed by atoms with Crippen molar-refractivity contribution in [1.82, 2.24) is 9.97 Å². The van der Waals surface area contributed by atoms with Gasteiger partial charge in [-0.05, 0) is 39.5 Å². The number of hydrogen-bond donors (Lipinski definition) is 1. The predicted octanol–water partition coefficient (Wildman–Crippen LogP) is 2.86. The van der Waals surface area contributed by atoms with Gasteiger partial charge in [0.1, 0.15) is 12.1 Å². The van der Waals surface area contributed by atoms with E-state index < -0.39 is 0 Å². The second-order valence-electron chi connectivity index (χ2n) is 5.03. The Kier molecular flexibility index (Phi) is 3.82. The van der Waals surface area contributed by atoms with Crippen molar-refractivity contribution in [3.8, 4) is 5.88 Å². The average Bonchev–Trinajstić information content (AvgIpc) is 2.13. The van der Waals surface area contributed by atoms with Crippen LogP contribution in [-0.4, -0.2) is 22.1 Å². The Morgan fingerprint density at radius 2 is 2.06 bits per heavy atom. The van der Waals surface area contributed by atoms with Gasteiger partial charge in [-0.1, -0.05) is 6.42 Å². The number of rotatable bonds is 5. The lowest BCUT2D eigenvalue weighted by molar-refractivity contribution is 0.232. The molecular weight excluding hydrogens is 214 g/mol. The molecule has 0 bridgehead atoms. The molecule has 0 saturated heterocycles. The smallest absolute Gasteiger partial charge is 0.218 e. The maximum absolute atomic E-state index is 5.55. The molecule has 94 valence electrons. The van der Waals surface area contributed by atoms with E-state index in [9.17, 15) is 0 Å². The van der Waals surface area contributed by atoms with Crippen molar-refractivity contribution in [2.24, 2.45) is 5.92 Å². The largest absolute Gasteiger partial charge is 0.475 e. The zero-order valence-corrected chi connectivity index (χ0v) is 10.8. The first-order chi connectivity index (χ1) is 8.15. The van der Waals surface area contributed by atoms with Crippen LogP contribution in [0.1, 0.15) is 40.0 Å². The molecule has 1 N–H and O–H groups in total. The summed E-state index contributed by atoms with van der Waals surface area (Å²) in [5.74, 6) is 2.28. The molecule has 1 aromatic rings. The molecule has 0 aromatic carbocycles. The summed E-state index contributed by atoms with van der Waals surface area (Å²) in [6.07, 6.45) is 5.71. The minimum Gasteiger partial charge on any atom is -0.475 e. The molecule has 4 heteroatoms. The molecule has 17 heavy (non-hydrogen) atoms. The lowest BCUT2D eigenvalue weighted by Gasteiger charge is -2.32. The molecule has 0 radical (unpaired) electrons. The van der Waals surface area contributed by atoms with E-state index in [0.717, 1.165) is 11.7 Å². The molecule has 1 saturated carbocycles. The minimum absolute atomic E-state index is 0.141. The van der Waals surface area contributed by atoms with Crippen LogP contribution in [0.5, 0.6) is 5.88 Å². The van der Waals surface area contributed by atoms with Crippen LogP contribution in [0.15, 0.2) is 12.4 Å². The molecule has 1 aliphatic rings. The second kappa shape index (κ2) is 5.34. The van der Waals surface area contributed by atoms with Crippen molar-refractivity contribution >= 4 is 5.82 Å². The number of hydrogen-bond acceptors (Lipinski definition) is 4. The molecule has 2 rings (SSSR count). The molecule has 0 spiro atoms. The molecule has 1 aliphatic carbocycles. The summed E-state index contributed by atoms with van der Waals surface area (Å²) in [5.41, 5.74) is 0. The van der Waals surface area contributed by atoms with E-state index >= 15 is 0 Å². The van der Waals surface area contributed by atoms with E-state index in [1.165, 1.54) is 19.3 Å². The first kappa shape index (κ1) is 12.1. The van der Waals surface area contributed by atoms with Gasteiger partial charge in [0.2, 0.25) is 5.88 Å². The Morgan fingerprint density at radius 1 is 1.29 bits per heavy atom. The molecule has 1 aromatic heterocycles. The fourth-order valence-corrected chi connectivity index (χ4v) is 2.02. The van der Waals surface area contributed by atoms with Crippen LogP contribution in [0.3, 0.4) is 0 Å².